The number of nitrogens with zero attached hydrogens (tertiary/aromatic N) is 1. The average Bonchev–Trinajstić information content (AvgIpc) is 2.46. The Kier molecular flexibility index (Phi) is 4.33. The summed E-state index contributed by atoms with van der Waals surface area (Å²) in [7, 11) is 2.18. The molecular weight excluding hydrogens is 266 g/mol. The molecule has 2 aromatic rings. The van der Waals surface area contributed by atoms with E-state index in [1.54, 1.807) is 11.1 Å². The molecule has 1 aliphatic rings. The zero-order valence-corrected chi connectivity index (χ0v) is 14.4. The molecular formula is C21H28N+. The molecule has 1 aromatic heterocycles. The van der Waals surface area contributed by atoms with Crippen LogP contribution in [0.4, 0.5) is 0 Å². The highest BCUT2D eigenvalue weighted by Crippen LogP contribution is 2.29. The molecule has 0 saturated heterocycles. The number of hydrogen-bond acceptors (Lipinski definition) is 0. The van der Waals surface area contributed by atoms with Gasteiger partial charge in [0.05, 0.1) is 0 Å². The molecule has 1 aromatic carbocycles. The van der Waals surface area contributed by atoms with Crippen LogP contribution in [0, 0.1) is 12.8 Å². The van der Waals surface area contributed by atoms with Crippen molar-refractivity contribution < 1.29 is 4.57 Å². The Morgan fingerprint density at radius 2 is 1.73 bits per heavy atom. The summed E-state index contributed by atoms with van der Waals surface area (Å²) in [6, 6.07) is 9.47. The second-order valence-corrected chi connectivity index (χ2v) is 7.27. The Morgan fingerprint density at radius 1 is 1.05 bits per heavy atom. The van der Waals surface area contributed by atoms with Crippen molar-refractivity contribution in [3.63, 3.8) is 0 Å². The maximum Gasteiger partial charge on any atom is 0.212 e. The van der Waals surface area contributed by atoms with Crippen LogP contribution < -0.4 is 4.57 Å². The fourth-order valence-electron chi connectivity index (χ4n) is 3.72. The van der Waals surface area contributed by atoms with Crippen LogP contribution in [0.15, 0.2) is 30.5 Å². The van der Waals surface area contributed by atoms with Gasteiger partial charge in [0.25, 0.3) is 0 Å². The molecule has 0 fully saturated rings. The number of aryl methyl sites for hydroxylation is 4. The molecule has 0 atom stereocenters. The number of benzene rings is 1. The summed E-state index contributed by atoms with van der Waals surface area (Å²) in [4.78, 5) is 0. The number of pyridine rings is 1. The maximum absolute atomic E-state index is 2.45. The van der Waals surface area contributed by atoms with Crippen LogP contribution in [-0.4, -0.2) is 0 Å². The van der Waals surface area contributed by atoms with Gasteiger partial charge in [-0.15, -0.1) is 0 Å². The minimum absolute atomic E-state index is 0.705. The van der Waals surface area contributed by atoms with Crippen LogP contribution in [0.2, 0.25) is 0 Å². The maximum atomic E-state index is 2.45. The molecule has 0 spiro atoms. The number of aromatic nitrogens is 1. The molecule has 1 nitrogen and oxygen atoms in total. The van der Waals surface area contributed by atoms with Gasteiger partial charge >= 0.3 is 0 Å². The smallest absolute Gasteiger partial charge is 0.201 e. The summed E-state index contributed by atoms with van der Waals surface area (Å²) in [5.74, 6) is 0.705. The minimum Gasteiger partial charge on any atom is -0.201 e. The lowest BCUT2D eigenvalue weighted by Gasteiger charge is -2.18. The molecule has 1 heterocycles. The molecule has 0 unspecified atom stereocenters. The van der Waals surface area contributed by atoms with Crippen molar-refractivity contribution in [3.8, 4) is 11.3 Å². The van der Waals surface area contributed by atoms with Crippen LogP contribution in [0.5, 0.6) is 0 Å². The van der Waals surface area contributed by atoms with Gasteiger partial charge < -0.3 is 0 Å². The molecule has 3 rings (SSSR count). The molecule has 1 heteroatoms. The molecule has 0 amide bonds. The normalized spacial score (nSPS) is 14.2. The Bertz CT molecular complexity index is 683. The Morgan fingerprint density at radius 3 is 2.36 bits per heavy atom. The third kappa shape index (κ3) is 3.09. The van der Waals surface area contributed by atoms with Gasteiger partial charge in [0.1, 0.15) is 7.05 Å². The summed E-state index contributed by atoms with van der Waals surface area (Å²) in [6.07, 6.45) is 8.65. The number of fused-ring (bicyclic) bond motifs is 1. The van der Waals surface area contributed by atoms with Gasteiger partial charge in [-0.3, -0.25) is 0 Å². The second-order valence-electron chi connectivity index (χ2n) is 7.27. The molecule has 0 N–H and O–H groups in total. The molecule has 22 heavy (non-hydrogen) atoms. The Balaban J connectivity index is 2.00. The van der Waals surface area contributed by atoms with E-state index in [0.29, 0.717) is 5.92 Å². The summed E-state index contributed by atoms with van der Waals surface area (Å²) in [6.45, 7) is 6.81. The first-order chi connectivity index (χ1) is 10.5. The zero-order chi connectivity index (χ0) is 15.7. The fourth-order valence-corrected chi connectivity index (χ4v) is 3.72. The number of hydrogen-bond donors (Lipinski definition) is 0. The molecule has 116 valence electrons. The van der Waals surface area contributed by atoms with Gasteiger partial charge in [-0.25, -0.2) is 4.57 Å². The van der Waals surface area contributed by atoms with Crippen LogP contribution in [-0.2, 0) is 26.3 Å². The lowest BCUT2D eigenvalue weighted by molar-refractivity contribution is -0.660. The van der Waals surface area contributed by atoms with E-state index < -0.39 is 0 Å². The Labute approximate surface area is 135 Å². The third-order valence-corrected chi connectivity index (χ3v) is 4.80. The van der Waals surface area contributed by atoms with E-state index in [4.69, 9.17) is 0 Å². The van der Waals surface area contributed by atoms with E-state index in [0.717, 1.165) is 6.42 Å². The van der Waals surface area contributed by atoms with Gasteiger partial charge in [0, 0.05) is 17.2 Å². The quantitative estimate of drug-likeness (QED) is 0.730. The summed E-state index contributed by atoms with van der Waals surface area (Å²) in [5, 5.41) is 0. The van der Waals surface area contributed by atoms with E-state index in [-0.39, 0.29) is 0 Å². The van der Waals surface area contributed by atoms with Crippen LogP contribution in [0.3, 0.4) is 0 Å². The van der Waals surface area contributed by atoms with Gasteiger partial charge in [0.2, 0.25) is 5.69 Å². The van der Waals surface area contributed by atoms with E-state index in [9.17, 15) is 0 Å². The summed E-state index contributed by atoms with van der Waals surface area (Å²) in [5.41, 5.74) is 8.71. The first-order valence-electron chi connectivity index (χ1n) is 8.66. The van der Waals surface area contributed by atoms with Gasteiger partial charge in [-0.2, -0.15) is 0 Å². The van der Waals surface area contributed by atoms with Crippen molar-refractivity contribution in [2.24, 2.45) is 13.0 Å². The van der Waals surface area contributed by atoms with Gasteiger partial charge in [-0.05, 0) is 73.8 Å². The monoisotopic (exact) mass is 294 g/mol. The third-order valence-electron chi connectivity index (χ3n) is 4.80. The van der Waals surface area contributed by atoms with E-state index in [1.165, 1.54) is 48.1 Å². The highest BCUT2D eigenvalue weighted by Gasteiger charge is 2.17. The molecule has 1 aliphatic carbocycles. The van der Waals surface area contributed by atoms with E-state index >= 15 is 0 Å². The highest BCUT2D eigenvalue weighted by atomic mass is 14.9. The largest absolute Gasteiger partial charge is 0.212 e. The molecule has 0 radical (unpaired) electrons. The average molecular weight is 294 g/mol. The zero-order valence-electron chi connectivity index (χ0n) is 14.4. The fraction of sp³-hybridized carbons (Fsp3) is 0.476. The van der Waals surface area contributed by atoms with Gasteiger partial charge in [-0.1, -0.05) is 19.9 Å². The predicted octanol–water partition coefficient (Wildman–Crippen LogP) is 4.56. The van der Waals surface area contributed by atoms with Crippen molar-refractivity contribution >= 4 is 0 Å². The minimum atomic E-state index is 0.705. The van der Waals surface area contributed by atoms with Crippen molar-refractivity contribution in [1.82, 2.24) is 0 Å². The van der Waals surface area contributed by atoms with Crippen LogP contribution in [0.25, 0.3) is 11.3 Å². The van der Waals surface area contributed by atoms with Crippen molar-refractivity contribution in [2.75, 3.05) is 0 Å². The van der Waals surface area contributed by atoms with Crippen LogP contribution in [0.1, 0.15) is 48.9 Å². The second kappa shape index (κ2) is 6.24. The lowest BCUT2D eigenvalue weighted by atomic mass is 9.87. The van der Waals surface area contributed by atoms with E-state index in [1.807, 2.05) is 0 Å². The first kappa shape index (κ1) is 15.3. The number of rotatable bonds is 3. The van der Waals surface area contributed by atoms with E-state index in [2.05, 4.69) is 62.8 Å². The molecule has 0 bridgehead atoms. The molecule has 0 saturated carbocycles. The SMILES string of the molecule is Cc1cc2c(cc1-c1ccc(CC(C)C)c[n+]1C)CCCC2. The van der Waals surface area contributed by atoms with Crippen LogP contribution >= 0.6 is 0 Å². The van der Waals surface area contributed by atoms with Crippen molar-refractivity contribution in [2.45, 2.75) is 52.9 Å². The topological polar surface area (TPSA) is 3.88 Å². The lowest BCUT2D eigenvalue weighted by Crippen LogP contribution is -2.31. The van der Waals surface area contributed by atoms with Crippen molar-refractivity contribution in [1.29, 1.82) is 0 Å². The first-order valence-corrected chi connectivity index (χ1v) is 8.66. The summed E-state index contributed by atoms with van der Waals surface area (Å²) < 4.78 is 2.30. The standard InChI is InChI=1S/C21H28N/c1-15(2)11-17-9-10-21(22(4)14-17)20-13-19-8-6-5-7-18(19)12-16(20)3/h9-10,12-15H,5-8,11H2,1-4H3/q+1. The van der Waals surface area contributed by atoms with Crippen molar-refractivity contribution in [3.05, 3.63) is 52.7 Å². The molecule has 0 aliphatic heterocycles. The van der Waals surface area contributed by atoms with Gasteiger partial charge in [0.15, 0.2) is 6.20 Å². The predicted molar refractivity (Wildman–Crippen MR) is 93.0 cm³/mol. The Hall–Kier alpha value is -1.63. The highest BCUT2D eigenvalue weighted by molar-refractivity contribution is 5.63. The summed E-state index contributed by atoms with van der Waals surface area (Å²) >= 11 is 0.